The van der Waals surface area contributed by atoms with Crippen LogP contribution in [0.4, 0.5) is 0 Å². The second-order valence-electron chi connectivity index (χ2n) is 17.5. The number of fused-ring (bicyclic) bond motifs is 1. The molecule has 0 spiro atoms. The van der Waals surface area contributed by atoms with Crippen molar-refractivity contribution < 1.29 is 31.3 Å². The molecule has 0 radical (unpaired) electrons. The summed E-state index contributed by atoms with van der Waals surface area (Å²) in [5.41, 5.74) is 7.18. The summed E-state index contributed by atoms with van der Waals surface area (Å²) in [5, 5.41) is 18.8. The molecule has 1 saturated heterocycles. The fourth-order valence-electron chi connectivity index (χ4n) is 7.53. The summed E-state index contributed by atoms with van der Waals surface area (Å²) < 4.78 is 0. The molecule has 4 aromatic carbocycles. The van der Waals surface area contributed by atoms with Crippen LogP contribution in [0.25, 0.3) is 21.9 Å². The summed E-state index contributed by atoms with van der Waals surface area (Å²) in [7, 11) is -1.06. The van der Waals surface area contributed by atoms with Gasteiger partial charge in [-0.05, 0) is 61.7 Å². The Kier molecular flexibility index (Phi) is 12.1. The van der Waals surface area contributed by atoms with Crippen LogP contribution in [0, 0.1) is 5.92 Å². The Morgan fingerprint density at radius 3 is 2.04 bits per heavy atom. The van der Waals surface area contributed by atoms with Crippen molar-refractivity contribution >= 4 is 42.2 Å². The molecule has 7 rings (SSSR count). The van der Waals surface area contributed by atoms with Gasteiger partial charge in [0.05, 0.1) is 0 Å². The fourth-order valence-corrected chi connectivity index (χ4v) is 14.0. The molecule has 1 fully saturated rings. The third-order valence-electron chi connectivity index (χ3n) is 10.3. The molecule has 262 valence electrons. The van der Waals surface area contributed by atoms with Crippen molar-refractivity contribution in [2.45, 2.75) is 112 Å². The smallest absolute Gasteiger partial charge is 0.872 e. The van der Waals surface area contributed by atoms with Gasteiger partial charge in [-0.15, -0.1) is 40.3 Å². The number of thioether (sulfide) groups is 1. The van der Waals surface area contributed by atoms with E-state index in [9.17, 15) is 5.11 Å². The molecule has 1 atom stereocenters. The van der Waals surface area contributed by atoms with E-state index in [-0.39, 0.29) is 48.2 Å². The van der Waals surface area contributed by atoms with E-state index in [4.69, 9.17) is 11.6 Å². The predicted octanol–water partition coefficient (Wildman–Crippen LogP) is 13.3. The van der Waals surface area contributed by atoms with Crippen LogP contribution in [0.3, 0.4) is 0 Å². The summed E-state index contributed by atoms with van der Waals surface area (Å²) in [5.74, 6) is 0.821. The standard InChI is InChI=1S/C21H23.C14H21ClO.C10H12SSi.Zr/c1-5-15-13-17-7-6-8-19(20(17)14-15)16-9-11-18(12-10-16)21(2,3)4;1-13(2,3)9-7-8-10(16)11(12(9)15)14(4,5)6;1-6-10-9-7(11-6)4-5-8(9)12(10,2)3;/h6-14H,5H2,1-4H3;7-8,16H,1-6H3;4-5,9H,1-3H3;/q-1;;;+2/p-1. The molecule has 3 aliphatic rings. The molecule has 1 nitrogen and oxygen atoms in total. The molecular formula is C45H55ClOSSiZr. The van der Waals surface area contributed by atoms with Crippen molar-refractivity contribution in [2.75, 3.05) is 0 Å². The molecule has 2 heterocycles. The van der Waals surface area contributed by atoms with Crippen LogP contribution >= 0.6 is 23.4 Å². The molecular weight excluding hydrogens is 743 g/mol. The summed E-state index contributed by atoms with van der Waals surface area (Å²) in [6, 6.07) is 23.8. The Labute approximate surface area is 332 Å². The first-order valence-electron chi connectivity index (χ1n) is 17.8. The molecule has 0 aromatic heterocycles. The zero-order chi connectivity index (χ0) is 36.3. The van der Waals surface area contributed by atoms with Crippen molar-refractivity contribution in [3.8, 4) is 16.9 Å². The first kappa shape index (κ1) is 40.8. The second-order valence-corrected chi connectivity index (χ2v) is 23.5. The van der Waals surface area contributed by atoms with Crippen LogP contribution < -0.4 is 5.11 Å². The van der Waals surface area contributed by atoms with Crippen molar-refractivity contribution in [2.24, 2.45) is 5.92 Å². The van der Waals surface area contributed by atoms with E-state index >= 15 is 0 Å². The molecule has 1 unspecified atom stereocenters. The topological polar surface area (TPSA) is 23.1 Å². The van der Waals surface area contributed by atoms with Gasteiger partial charge in [-0.2, -0.15) is 6.07 Å². The molecule has 50 heavy (non-hydrogen) atoms. The van der Waals surface area contributed by atoms with Crippen LogP contribution in [-0.4, -0.2) is 8.07 Å². The third kappa shape index (κ3) is 8.00. The van der Waals surface area contributed by atoms with Crippen molar-refractivity contribution in [3.63, 3.8) is 0 Å². The second kappa shape index (κ2) is 14.8. The minimum absolute atomic E-state index is 0. The van der Waals surface area contributed by atoms with Crippen LogP contribution in [0.1, 0.15) is 98.4 Å². The Bertz CT molecular complexity index is 1970. The van der Waals surface area contributed by atoms with Gasteiger partial charge in [-0.25, -0.2) is 0 Å². The summed E-state index contributed by atoms with van der Waals surface area (Å²) in [6.45, 7) is 28.6. The van der Waals surface area contributed by atoms with Gasteiger partial charge in [-0.3, -0.25) is 0 Å². The first-order chi connectivity index (χ1) is 22.7. The molecule has 0 bridgehead atoms. The van der Waals surface area contributed by atoms with E-state index in [1.165, 1.54) is 33.0 Å². The third-order valence-corrected chi connectivity index (χ3v) is 15.9. The Hall–Kier alpha value is -1.97. The quantitative estimate of drug-likeness (QED) is 0.149. The SMILES string of the molecule is CC(C)(C)c1ccc([O-])c(C(C)(C)C)c1Cl.CC1=C2C3C(=CC=C3[Si]2(C)C)S1.CCc1cc2c(-c3ccc(C(C)(C)C)cc3)cccc2[cH-]1.[Zr+2]. The van der Waals surface area contributed by atoms with Gasteiger partial charge in [0.1, 0.15) is 8.07 Å². The average Bonchev–Trinajstić information content (AvgIpc) is 3.66. The van der Waals surface area contributed by atoms with Crippen LogP contribution in [0.2, 0.25) is 18.1 Å². The normalized spacial score (nSPS) is 17.4. The van der Waals surface area contributed by atoms with Gasteiger partial charge in [0.15, 0.2) is 0 Å². The molecule has 1 aliphatic carbocycles. The van der Waals surface area contributed by atoms with E-state index in [0.29, 0.717) is 5.02 Å². The monoisotopic (exact) mass is 796 g/mol. The van der Waals surface area contributed by atoms with Gasteiger partial charge in [0.2, 0.25) is 0 Å². The molecule has 2 aliphatic heterocycles. The number of hydrogen-bond acceptors (Lipinski definition) is 2. The summed E-state index contributed by atoms with van der Waals surface area (Å²) in [6.07, 6.45) is 5.81. The molecule has 5 heteroatoms. The minimum atomic E-state index is -1.06. The minimum Gasteiger partial charge on any atom is -0.872 e. The van der Waals surface area contributed by atoms with Crippen LogP contribution in [0.5, 0.6) is 5.75 Å². The molecule has 0 saturated carbocycles. The van der Waals surface area contributed by atoms with E-state index < -0.39 is 8.07 Å². The molecule has 0 N–H and O–H groups in total. The molecule has 4 aromatic rings. The Balaban J connectivity index is 0.000000173. The number of hydrogen-bond donors (Lipinski definition) is 0. The number of aryl methyl sites for hydroxylation is 1. The van der Waals surface area contributed by atoms with E-state index in [2.05, 4.69) is 135 Å². The van der Waals surface area contributed by atoms with Crippen molar-refractivity contribution in [3.05, 3.63) is 126 Å². The zero-order valence-corrected chi connectivity index (χ0v) is 37.5. The van der Waals surface area contributed by atoms with Gasteiger partial charge in [0, 0.05) is 10.9 Å². The van der Waals surface area contributed by atoms with E-state index in [0.717, 1.165) is 23.5 Å². The largest absolute Gasteiger partial charge is 2.00 e. The molecule has 0 amide bonds. The Morgan fingerprint density at radius 2 is 1.48 bits per heavy atom. The summed E-state index contributed by atoms with van der Waals surface area (Å²) in [4.78, 5) is 3.21. The van der Waals surface area contributed by atoms with E-state index in [1.54, 1.807) is 21.1 Å². The summed E-state index contributed by atoms with van der Waals surface area (Å²) >= 11 is 8.39. The fraction of sp³-hybridized carbons (Fsp3) is 0.400. The first-order valence-corrected chi connectivity index (χ1v) is 22.0. The predicted molar refractivity (Wildman–Crippen MR) is 219 cm³/mol. The van der Waals surface area contributed by atoms with Crippen molar-refractivity contribution in [1.82, 2.24) is 0 Å². The maximum absolute atomic E-state index is 11.9. The number of benzene rings is 3. The number of halogens is 1. The van der Waals surface area contributed by atoms with Gasteiger partial charge in [0.25, 0.3) is 0 Å². The van der Waals surface area contributed by atoms with Gasteiger partial charge >= 0.3 is 26.2 Å². The zero-order valence-electron chi connectivity index (χ0n) is 32.5. The van der Waals surface area contributed by atoms with Crippen molar-refractivity contribution in [1.29, 1.82) is 0 Å². The maximum atomic E-state index is 11.9. The van der Waals surface area contributed by atoms with Crippen LogP contribution in [-0.2, 0) is 48.9 Å². The Morgan fingerprint density at radius 1 is 0.840 bits per heavy atom. The number of rotatable bonds is 2. The van der Waals surface area contributed by atoms with Crippen LogP contribution in [0.15, 0.2) is 99.1 Å². The van der Waals surface area contributed by atoms with Gasteiger partial charge in [-0.1, -0.05) is 176 Å². The van der Waals surface area contributed by atoms with E-state index in [1.807, 2.05) is 43.8 Å². The maximum Gasteiger partial charge on any atom is 2.00 e. The average molecular weight is 799 g/mol. The number of allylic oxidation sites excluding steroid dienone is 6. The van der Waals surface area contributed by atoms with Gasteiger partial charge < -0.3 is 5.11 Å².